The molecule has 116 valence electrons. The van der Waals surface area contributed by atoms with E-state index in [0.29, 0.717) is 12.6 Å². The number of carbonyl (C=O) groups excluding carboxylic acids is 1. The molecule has 0 unspecified atom stereocenters. The van der Waals surface area contributed by atoms with E-state index in [1.165, 1.54) is 5.56 Å². The van der Waals surface area contributed by atoms with Gasteiger partial charge >= 0.3 is 0 Å². The van der Waals surface area contributed by atoms with Crippen LogP contribution in [0.4, 0.5) is 0 Å². The first-order valence-electron chi connectivity index (χ1n) is 7.18. The lowest BCUT2D eigenvalue weighted by molar-refractivity contribution is -0.122. The summed E-state index contributed by atoms with van der Waals surface area (Å²) < 4.78 is 0.926. The fourth-order valence-corrected chi connectivity index (χ4v) is 2.94. The van der Waals surface area contributed by atoms with E-state index >= 15 is 0 Å². The number of hydrogen-bond donors (Lipinski definition) is 2. The van der Waals surface area contributed by atoms with E-state index < -0.39 is 0 Å². The summed E-state index contributed by atoms with van der Waals surface area (Å²) in [5.74, 6) is 0.0888. The van der Waals surface area contributed by atoms with Gasteiger partial charge in [-0.05, 0) is 46.5 Å². The standard InChI is InChI=1S/C15H21BrClN3O/c1-18-15(21)10-20-6-4-12(5-7-20)19-9-11-2-3-13(16)14(17)8-11/h2-3,8,12,19H,4-7,9-10H2,1H3,(H,18,21). The highest BCUT2D eigenvalue weighted by Crippen LogP contribution is 2.23. The van der Waals surface area contributed by atoms with E-state index in [2.05, 4.69) is 37.5 Å². The third kappa shape index (κ3) is 5.25. The normalized spacial score (nSPS) is 16.9. The van der Waals surface area contributed by atoms with Crippen molar-refractivity contribution in [1.82, 2.24) is 15.5 Å². The van der Waals surface area contributed by atoms with E-state index in [4.69, 9.17) is 11.6 Å². The zero-order valence-corrected chi connectivity index (χ0v) is 14.5. The van der Waals surface area contributed by atoms with Gasteiger partial charge in [0, 0.05) is 37.2 Å². The lowest BCUT2D eigenvalue weighted by atomic mass is 10.0. The second-order valence-electron chi connectivity index (χ2n) is 5.35. The Balaban J connectivity index is 1.73. The number of nitrogens with zero attached hydrogens (tertiary/aromatic N) is 1. The minimum Gasteiger partial charge on any atom is -0.358 e. The molecule has 1 aromatic carbocycles. The summed E-state index contributed by atoms with van der Waals surface area (Å²) in [7, 11) is 1.68. The fourth-order valence-electron chi connectivity index (χ4n) is 2.49. The molecule has 0 atom stereocenters. The predicted molar refractivity (Wildman–Crippen MR) is 89.5 cm³/mol. The lowest BCUT2D eigenvalue weighted by Crippen LogP contribution is -2.45. The van der Waals surface area contributed by atoms with Crippen LogP contribution in [0.2, 0.25) is 5.02 Å². The number of benzene rings is 1. The van der Waals surface area contributed by atoms with E-state index in [-0.39, 0.29) is 5.91 Å². The van der Waals surface area contributed by atoms with E-state index in [0.717, 1.165) is 42.0 Å². The molecule has 0 saturated carbocycles. The van der Waals surface area contributed by atoms with Gasteiger partial charge in [-0.25, -0.2) is 0 Å². The van der Waals surface area contributed by atoms with Crippen molar-refractivity contribution in [2.45, 2.75) is 25.4 Å². The average molecular weight is 375 g/mol. The Labute approximate surface area is 139 Å². The molecular weight excluding hydrogens is 354 g/mol. The summed E-state index contributed by atoms with van der Waals surface area (Å²) in [5, 5.41) is 6.98. The van der Waals surface area contributed by atoms with Crippen molar-refractivity contribution in [1.29, 1.82) is 0 Å². The number of amides is 1. The van der Waals surface area contributed by atoms with Crippen molar-refractivity contribution in [2.24, 2.45) is 0 Å². The highest BCUT2D eigenvalue weighted by molar-refractivity contribution is 9.10. The minimum atomic E-state index is 0.0888. The third-order valence-corrected chi connectivity index (χ3v) is 5.04. The van der Waals surface area contributed by atoms with Gasteiger partial charge in [-0.2, -0.15) is 0 Å². The molecule has 6 heteroatoms. The molecule has 0 bridgehead atoms. The zero-order chi connectivity index (χ0) is 15.2. The Morgan fingerprint density at radius 2 is 2.14 bits per heavy atom. The van der Waals surface area contributed by atoms with Crippen LogP contribution in [-0.4, -0.2) is 43.5 Å². The highest BCUT2D eigenvalue weighted by atomic mass is 79.9. The summed E-state index contributed by atoms with van der Waals surface area (Å²) in [5.41, 5.74) is 1.19. The quantitative estimate of drug-likeness (QED) is 0.832. The summed E-state index contributed by atoms with van der Waals surface area (Å²) in [6, 6.07) is 6.54. The Bertz CT molecular complexity index is 490. The van der Waals surface area contributed by atoms with Crippen LogP contribution in [0.5, 0.6) is 0 Å². The maximum absolute atomic E-state index is 11.3. The van der Waals surface area contributed by atoms with Crippen molar-refractivity contribution < 1.29 is 4.79 Å². The zero-order valence-electron chi connectivity index (χ0n) is 12.2. The van der Waals surface area contributed by atoms with Gasteiger partial charge in [0.05, 0.1) is 11.6 Å². The van der Waals surface area contributed by atoms with Gasteiger partial charge in [0.1, 0.15) is 0 Å². The van der Waals surface area contributed by atoms with Crippen molar-refractivity contribution in [3.8, 4) is 0 Å². The molecule has 1 amide bonds. The fraction of sp³-hybridized carbons (Fsp3) is 0.533. The molecule has 1 aliphatic heterocycles. The van der Waals surface area contributed by atoms with Crippen LogP contribution in [0.1, 0.15) is 18.4 Å². The summed E-state index contributed by atoms with van der Waals surface area (Å²) in [6.07, 6.45) is 2.14. The molecule has 0 aromatic heterocycles. The van der Waals surface area contributed by atoms with Crippen LogP contribution in [0.15, 0.2) is 22.7 Å². The monoisotopic (exact) mass is 373 g/mol. The van der Waals surface area contributed by atoms with Gasteiger partial charge in [0.15, 0.2) is 0 Å². The van der Waals surface area contributed by atoms with Gasteiger partial charge in [0.2, 0.25) is 5.91 Å². The van der Waals surface area contributed by atoms with Crippen LogP contribution < -0.4 is 10.6 Å². The maximum Gasteiger partial charge on any atom is 0.233 e. The molecule has 1 fully saturated rings. The second-order valence-corrected chi connectivity index (χ2v) is 6.61. The van der Waals surface area contributed by atoms with Crippen molar-refractivity contribution in [3.05, 3.63) is 33.3 Å². The number of likely N-dealkylation sites (N-methyl/N-ethyl adjacent to an activating group) is 1. The third-order valence-electron chi connectivity index (χ3n) is 3.81. The smallest absolute Gasteiger partial charge is 0.233 e. The average Bonchev–Trinajstić information content (AvgIpc) is 2.50. The van der Waals surface area contributed by atoms with Crippen LogP contribution >= 0.6 is 27.5 Å². The van der Waals surface area contributed by atoms with Gasteiger partial charge < -0.3 is 10.6 Å². The van der Waals surface area contributed by atoms with Crippen LogP contribution in [-0.2, 0) is 11.3 Å². The van der Waals surface area contributed by atoms with Crippen molar-refractivity contribution in [2.75, 3.05) is 26.7 Å². The molecule has 2 N–H and O–H groups in total. The van der Waals surface area contributed by atoms with E-state index in [1.54, 1.807) is 7.05 Å². The van der Waals surface area contributed by atoms with E-state index in [9.17, 15) is 4.79 Å². The SMILES string of the molecule is CNC(=O)CN1CCC(NCc2ccc(Br)c(Cl)c2)CC1. The molecule has 0 aliphatic carbocycles. The van der Waals surface area contributed by atoms with Crippen molar-refractivity contribution in [3.63, 3.8) is 0 Å². The largest absolute Gasteiger partial charge is 0.358 e. The van der Waals surface area contributed by atoms with E-state index in [1.807, 2.05) is 12.1 Å². The van der Waals surface area contributed by atoms with Gasteiger partial charge in [-0.1, -0.05) is 17.7 Å². The first-order valence-corrected chi connectivity index (χ1v) is 8.36. The van der Waals surface area contributed by atoms with Gasteiger partial charge in [0.25, 0.3) is 0 Å². The lowest BCUT2D eigenvalue weighted by Gasteiger charge is -2.31. The number of likely N-dealkylation sites (tertiary alicyclic amines) is 1. The Kier molecular flexibility index (Phi) is 6.48. The number of piperidine rings is 1. The Morgan fingerprint density at radius 3 is 2.76 bits per heavy atom. The molecule has 1 aromatic rings. The Morgan fingerprint density at radius 1 is 1.43 bits per heavy atom. The molecule has 0 radical (unpaired) electrons. The molecule has 1 aliphatic rings. The molecule has 4 nitrogen and oxygen atoms in total. The molecule has 1 saturated heterocycles. The number of hydrogen-bond acceptors (Lipinski definition) is 3. The molecule has 1 heterocycles. The Hall–Kier alpha value is -0.620. The molecular formula is C15H21BrClN3O. The minimum absolute atomic E-state index is 0.0888. The summed E-state index contributed by atoms with van der Waals surface area (Å²) in [4.78, 5) is 13.5. The number of halogens is 2. The first kappa shape index (κ1) is 16.7. The highest BCUT2D eigenvalue weighted by Gasteiger charge is 2.20. The second kappa shape index (κ2) is 8.13. The topological polar surface area (TPSA) is 44.4 Å². The first-order chi connectivity index (χ1) is 10.1. The van der Waals surface area contributed by atoms with Crippen LogP contribution in [0.25, 0.3) is 0 Å². The number of carbonyl (C=O) groups is 1. The molecule has 0 spiro atoms. The molecule has 2 rings (SSSR count). The number of rotatable bonds is 5. The van der Waals surface area contributed by atoms with Crippen LogP contribution in [0.3, 0.4) is 0 Å². The maximum atomic E-state index is 11.3. The van der Waals surface area contributed by atoms with Crippen LogP contribution in [0, 0.1) is 0 Å². The van der Waals surface area contributed by atoms with Crippen molar-refractivity contribution >= 4 is 33.4 Å². The van der Waals surface area contributed by atoms with Gasteiger partial charge in [-0.15, -0.1) is 0 Å². The number of nitrogens with one attached hydrogen (secondary N) is 2. The summed E-state index contributed by atoms with van der Waals surface area (Å²) in [6.45, 7) is 3.26. The predicted octanol–water partition coefficient (Wildman–Crippen LogP) is 2.40. The summed E-state index contributed by atoms with van der Waals surface area (Å²) >= 11 is 9.50. The van der Waals surface area contributed by atoms with Gasteiger partial charge in [-0.3, -0.25) is 9.69 Å². The molecule has 21 heavy (non-hydrogen) atoms.